The van der Waals surface area contributed by atoms with Crippen molar-refractivity contribution in [2.45, 2.75) is 37.1 Å². The van der Waals surface area contributed by atoms with E-state index in [9.17, 15) is 13.2 Å². The number of carboxylic acid groups (broad SMARTS) is 1. The van der Waals surface area contributed by atoms with Crippen molar-refractivity contribution in [1.29, 1.82) is 0 Å². The molecule has 0 spiro atoms. The second kappa shape index (κ2) is 4.80. The van der Waals surface area contributed by atoms with E-state index in [0.29, 0.717) is 11.4 Å². The van der Waals surface area contributed by atoms with Crippen molar-refractivity contribution in [2.75, 3.05) is 5.75 Å². The van der Waals surface area contributed by atoms with E-state index < -0.39 is 27.4 Å². The molecule has 0 radical (unpaired) electrons. The predicted molar refractivity (Wildman–Crippen MR) is 70.4 cm³/mol. The first-order valence-corrected chi connectivity index (χ1v) is 8.15. The first-order valence-electron chi connectivity index (χ1n) is 5.66. The SMILES string of the molecule is Cc1n[nH]c(C)c1S(=O)(=O)N1C(C)SCC1C(=O)O. The Morgan fingerprint density at radius 2 is 2.16 bits per heavy atom. The first kappa shape index (κ1) is 14.4. The fourth-order valence-electron chi connectivity index (χ4n) is 2.20. The third-order valence-electron chi connectivity index (χ3n) is 3.04. The lowest BCUT2D eigenvalue weighted by atomic mass is 10.3. The van der Waals surface area contributed by atoms with Crippen LogP contribution in [-0.2, 0) is 14.8 Å². The second-order valence-electron chi connectivity index (χ2n) is 4.38. The minimum atomic E-state index is -3.86. The molecule has 106 valence electrons. The van der Waals surface area contributed by atoms with Gasteiger partial charge in [0.1, 0.15) is 10.9 Å². The van der Waals surface area contributed by atoms with Crippen LogP contribution < -0.4 is 0 Å². The quantitative estimate of drug-likeness (QED) is 0.846. The predicted octanol–water partition coefficient (Wildman–Crippen LogP) is 0.563. The summed E-state index contributed by atoms with van der Waals surface area (Å²) >= 11 is 1.31. The van der Waals surface area contributed by atoms with Crippen LogP contribution in [0, 0.1) is 13.8 Å². The number of sulfonamides is 1. The first-order chi connectivity index (χ1) is 8.76. The molecule has 0 amide bonds. The molecular formula is C10H15N3O4S2. The Hall–Kier alpha value is -1.06. The molecule has 2 atom stereocenters. The zero-order chi connectivity index (χ0) is 14.4. The van der Waals surface area contributed by atoms with Gasteiger partial charge in [-0.15, -0.1) is 11.8 Å². The summed E-state index contributed by atoms with van der Waals surface area (Å²) in [5.41, 5.74) is 0.775. The minimum absolute atomic E-state index is 0.0769. The number of hydrogen-bond donors (Lipinski definition) is 2. The van der Waals surface area contributed by atoms with Gasteiger partial charge in [-0.1, -0.05) is 0 Å². The number of aryl methyl sites for hydroxylation is 2. The molecule has 2 heterocycles. The Morgan fingerprint density at radius 3 is 2.63 bits per heavy atom. The summed E-state index contributed by atoms with van der Waals surface area (Å²) in [6, 6.07) is -1.03. The lowest BCUT2D eigenvalue weighted by Crippen LogP contribution is -2.44. The number of carboxylic acids is 1. The zero-order valence-corrected chi connectivity index (χ0v) is 12.4. The van der Waals surface area contributed by atoms with Crippen molar-refractivity contribution >= 4 is 27.8 Å². The summed E-state index contributed by atoms with van der Waals surface area (Å²) in [4.78, 5) is 11.3. The highest BCUT2D eigenvalue weighted by Crippen LogP contribution is 2.35. The molecule has 0 bridgehead atoms. The number of aromatic amines is 1. The maximum atomic E-state index is 12.7. The van der Waals surface area contributed by atoms with Gasteiger partial charge < -0.3 is 5.11 Å². The van der Waals surface area contributed by atoms with Gasteiger partial charge in [0, 0.05) is 5.75 Å². The average molecular weight is 305 g/mol. The maximum Gasteiger partial charge on any atom is 0.322 e. The molecule has 19 heavy (non-hydrogen) atoms. The number of thioether (sulfide) groups is 1. The molecule has 2 rings (SSSR count). The van der Waals surface area contributed by atoms with Crippen LogP contribution in [0.25, 0.3) is 0 Å². The van der Waals surface area contributed by atoms with Gasteiger partial charge >= 0.3 is 5.97 Å². The zero-order valence-electron chi connectivity index (χ0n) is 10.7. The molecule has 9 heteroatoms. The maximum absolute atomic E-state index is 12.7. The summed E-state index contributed by atoms with van der Waals surface area (Å²) in [7, 11) is -3.86. The van der Waals surface area contributed by atoms with Crippen LogP contribution in [0.3, 0.4) is 0 Å². The van der Waals surface area contributed by atoms with Crippen LogP contribution in [0.2, 0.25) is 0 Å². The van der Waals surface area contributed by atoms with Gasteiger partial charge in [0.25, 0.3) is 0 Å². The third-order valence-corrected chi connectivity index (χ3v) is 6.64. The number of nitrogens with zero attached hydrogens (tertiary/aromatic N) is 2. The fourth-order valence-corrected chi connectivity index (χ4v) is 5.83. The number of aromatic nitrogens is 2. The Morgan fingerprint density at radius 1 is 1.53 bits per heavy atom. The molecule has 0 aliphatic carbocycles. The summed E-state index contributed by atoms with van der Waals surface area (Å²) < 4.78 is 26.4. The van der Waals surface area contributed by atoms with Crippen molar-refractivity contribution in [3.05, 3.63) is 11.4 Å². The molecule has 1 aromatic heterocycles. The van der Waals surface area contributed by atoms with E-state index in [4.69, 9.17) is 5.11 Å². The van der Waals surface area contributed by atoms with Gasteiger partial charge in [0.15, 0.2) is 0 Å². The average Bonchev–Trinajstić information content (AvgIpc) is 2.83. The molecule has 1 aliphatic heterocycles. The Labute approximate surface area is 115 Å². The van der Waals surface area contributed by atoms with Crippen molar-refractivity contribution in [2.24, 2.45) is 0 Å². The number of H-pyrrole nitrogens is 1. The smallest absolute Gasteiger partial charge is 0.322 e. The van der Waals surface area contributed by atoms with E-state index in [1.807, 2.05) is 0 Å². The Kier molecular flexibility index (Phi) is 3.63. The largest absolute Gasteiger partial charge is 0.480 e. The lowest BCUT2D eigenvalue weighted by molar-refractivity contribution is -0.140. The molecular weight excluding hydrogens is 290 g/mol. The van der Waals surface area contributed by atoms with Crippen LogP contribution in [0.1, 0.15) is 18.3 Å². The van der Waals surface area contributed by atoms with E-state index >= 15 is 0 Å². The standard InChI is InChI=1S/C10H15N3O4S2/c1-5-9(6(2)12-11-5)19(16,17)13-7(3)18-4-8(13)10(14)15/h7-8H,4H2,1-3H3,(H,11,12)(H,14,15). The van der Waals surface area contributed by atoms with Crippen molar-refractivity contribution in [3.63, 3.8) is 0 Å². The number of aliphatic carboxylic acids is 1. The van der Waals surface area contributed by atoms with Gasteiger partial charge in [0.2, 0.25) is 10.0 Å². The fraction of sp³-hybridized carbons (Fsp3) is 0.600. The summed E-state index contributed by atoms with van der Waals surface area (Å²) in [6.07, 6.45) is 0. The highest BCUT2D eigenvalue weighted by atomic mass is 32.2. The minimum Gasteiger partial charge on any atom is -0.480 e. The molecule has 1 aliphatic rings. The number of nitrogens with one attached hydrogen (secondary N) is 1. The summed E-state index contributed by atoms with van der Waals surface area (Å²) in [6.45, 7) is 4.88. The topological polar surface area (TPSA) is 103 Å². The monoisotopic (exact) mass is 305 g/mol. The molecule has 1 saturated heterocycles. The van der Waals surface area contributed by atoms with Crippen LogP contribution in [0.4, 0.5) is 0 Å². The Bertz CT molecular complexity index is 591. The van der Waals surface area contributed by atoms with Gasteiger partial charge in [-0.2, -0.15) is 9.40 Å². The number of hydrogen-bond acceptors (Lipinski definition) is 5. The van der Waals surface area contributed by atoms with Crippen molar-refractivity contribution < 1.29 is 18.3 Å². The molecule has 1 fully saturated rings. The number of carbonyl (C=O) groups is 1. The van der Waals surface area contributed by atoms with Gasteiger partial charge in [-0.05, 0) is 20.8 Å². The van der Waals surface area contributed by atoms with Gasteiger partial charge in [0.05, 0.1) is 16.8 Å². The molecule has 7 nitrogen and oxygen atoms in total. The third kappa shape index (κ3) is 2.26. The molecule has 2 unspecified atom stereocenters. The van der Waals surface area contributed by atoms with E-state index in [2.05, 4.69) is 10.2 Å². The van der Waals surface area contributed by atoms with Crippen LogP contribution in [0.5, 0.6) is 0 Å². The van der Waals surface area contributed by atoms with E-state index in [1.165, 1.54) is 11.8 Å². The normalized spacial score (nSPS) is 24.8. The van der Waals surface area contributed by atoms with Crippen molar-refractivity contribution in [3.8, 4) is 0 Å². The van der Waals surface area contributed by atoms with Crippen LogP contribution >= 0.6 is 11.8 Å². The lowest BCUT2D eigenvalue weighted by Gasteiger charge is -2.24. The summed E-state index contributed by atoms with van der Waals surface area (Å²) in [5.74, 6) is -0.870. The van der Waals surface area contributed by atoms with Crippen molar-refractivity contribution in [1.82, 2.24) is 14.5 Å². The van der Waals surface area contributed by atoms with E-state index in [-0.39, 0.29) is 10.6 Å². The second-order valence-corrected chi connectivity index (χ2v) is 7.51. The van der Waals surface area contributed by atoms with Gasteiger partial charge in [-0.25, -0.2) is 8.42 Å². The van der Waals surface area contributed by atoms with E-state index in [0.717, 1.165) is 4.31 Å². The van der Waals surface area contributed by atoms with Crippen LogP contribution in [0.15, 0.2) is 4.90 Å². The Balaban J connectivity index is 2.53. The highest BCUT2D eigenvalue weighted by molar-refractivity contribution is 8.01. The molecule has 2 N–H and O–H groups in total. The molecule has 0 saturated carbocycles. The molecule has 0 aromatic carbocycles. The highest BCUT2D eigenvalue weighted by Gasteiger charge is 2.45. The molecule has 1 aromatic rings. The van der Waals surface area contributed by atoms with Gasteiger partial charge in [-0.3, -0.25) is 9.89 Å². The number of rotatable bonds is 3. The summed E-state index contributed by atoms with van der Waals surface area (Å²) in [5, 5.41) is 15.2. The van der Waals surface area contributed by atoms with E-state index in [1.54, 1.807) is 20.8 Å². The van der Waals surface area contributed by atoms with Crippen LogP contribution in [-0.4, -0.2) is 51.2 Å².